The van der Waals surface area contributed by atoms with Gasteiger partial charge in [-0.3, -0.25) is 10.4 Å². The Kier molecular flexibility index (Phi) is 4.53. The molecule has 1 aliphatic rings. The smallest absolute Gasteiger partial charge is 0.161 e. The van der Waals surface area contributed by atoms with Crippen molar-refractivity contribution in [2.24, 2.45) is 10.1 Å². The molecule has 4 rings (SSSR count). The van der Waals surface area contributed by atoms with Crippen LogP contribution in [0.1, 0.15) is 16.7 Å². The Balaban J connectivity index is 1.82. The van der Waals surface area contributed by atoms with Crippen molar-refractivity contribution < 1.29 is 9.47 Å². The Hall–Kier alpha value is -3.67. The summed E-state index contributed by atoms with van der Waals surface area (Å²) in [6, 6.07) is 17.4. The summed E-state index contributed by atoms with van der Waals surface area (Å²) >= 11 is 0. The molecule has 1 aliphatic heterocycles. The number of hydrogen-bond acceptors (Lipinski definition) is 6. The van der Waals surface area contributed by atoms with E-state index in [0.29, 0.717) is 17.3 Å². The first-order valence-corrected chi connectivity index (χ1v) is 8.44. The lowest BCUT2D eigenvalue weighted by molar-refractivity contribution is 0.355. The SMILES string of the molecule is COc1ccc(C2=Nc3ccccc3C(c3ccncc3)=NN2)cc1OC. The van der Waals surface area contributed by atoms with Crippen molar-refractivity contribution in [3.05, 3.63) is 83.7 Å². The van der Waals surface area contributed by atoms with E-state index in [1.807, 2.05) is 54.6 Å². The van der Waals surface area contributed by atoms with E-state index in [1.54, 1.807) is 26.6 Å². The van der Waals surface area contributed by atoms with Crippen LogP contribution in [-0.2, 0) is 0 Å². The van der Waals surface area contributed by atoms with Gasteiger partial charge in [0.2, 0.25) is 0 Å². The van der Waals surface area contributed by atoms with E-state index < -0.39 is 0 Å². The molecule has 27 heavy (non-hydrogen) atoms. The summed E-state index contributed by atoms with van der Waals surface area (Å²) in [5.74, 6) is 1.93. The zero-order valence-electron chi connectivity index (χ0n) is 15.0. The zero-order chi connectivity index (χ0) is 18.6. The number of para-hydroxylation sites is 1. The highest BCUT2D eigenvalue weighted by Gasteiger charge is 2.17. The van der Waals surface area contributed by atoms with Crippen molar-refractivity contribution in [1.29, 1.82) is 0 Å². The molecule has 0 fully saturated rings. The molecular weight excluding hydrogens is 340 g/mol. The number of rotatable bonds is 4. The molecule has 0 amide bonds. The lowest BCUT2D eigenvalue weighted by atomic mass is 10.0. The van der Waals surface area contributed by atoms with Crippen LogP contribution in [0, 0.1) is 0 Å². The molecule has 0 radical (unpaired) electrons. The van der Waals surface area contributed by atoms with E-state index in [0.717, 1.165) is 28.1 Å². The van der Waals surface area contributed by atoms with Crippen LogP contribution in [0.25, 0.3) is 0 Å². The molecule has 0 bridgehead atoms. The molecule has 0 spiro atoms. The van der Waals surface area contributed by atoms with Crippen molar-refractivity contribution in [3.63, 3.8) is 0 Å². The van der Waals surface area contributed by atoms with Gasteiger partial charge in [-0.1, -0.05) is 18.2 Å². The number of ether oxygens (including phenoxy) is 2. The van der Waals surface area contributed by atoms with Crippen molar-refractivity contribution in [2.75, 3.05) is 14.2 Å². The highest BCUT2D eigenvalue weighted by molar-refractivity contribution is 6.17. The Morgan fingerprint density at radius 1 is 0.815 bits per heavy atom. The number of benzene rings is 2. The van der Waals surface area contributed by atoms with E-state index in [1.165, 1.54) is 0 Å². The van der Waals surface area contributed by atoms with Gasteiger partial charge in [0.15, 0.2) is 17.3 Å². The summed E-state index contributed by atoms with van der Waals surface area (Å²) in [7, 11) is 3.22. The topological polar surface area (TPSA) is 68.1 Å². The number of aromatic nitrogens is 1. The molecule has 134 valence electrons. The maximum Gasteiger partial charge on any atom is 0.161 e. The Labute approximate surface area is 157 Å². The lowest BCUT2D eigenvalue weighted by Gasteiger charge is -2.10. The van der Waals surface area contributed by atoms with Crippen LogP contribution in [-0.4, -0.2) is 30.8 Å². The molecule has 1 N–H and O–H groups in total. The number of fused-ring (bicyclic) bond motifs is 1. The van der Waals surface area contributed by atoms with Crippen LogP contribution in [0.15, 0.2) is 77.1 Å². The summed E-state index contributed by atoms with van der Waals surface area (Å²) in [5, 5.41) is 4.63. The Morgan fingerprint density at radius 2 is 1.59 bits per heavy atom. The molecule has 2 aromatic carbocycles. The minimum absolute atomic E-state index is 0.632. The number of pyridine rings is 1. The van der Waals surface area contributed by atoms with Gasteiger partial charge in [-0.15, -0.1) is 0 Å². The third-order valence-corrected chi connectivity index (χ3v) is 4.28. The van der Waals surface area contributed by atoms with Crippen LogP contribution < -0.4 is 14.9 Å². The molecule has 3 aromatic rings. The summed E-state index contributed by atoms with van der Waals surface area (Å²) in [6.07, 6.45) is 3.50. The minimum atomic E-state index is 0.632. The summed E-state index contributed by atoms with van der Waals surface area (Å²) < 4.78 is 10.7. The largest absolute Gasteiger partial charge is 0.493 e. The molecule has 0 unspecified atom stereocenters. The predicted molar refractivity (Wildman–Crippen MR) is 105 cm³/mol. The Bertz CT molecular complexity index is 1030. The summed E-state index contributed by atoms with van der Waals surface area (Å²) in [6.45, 7) is 0. The van der Waals surface area contributed by atoms with Gasteiger partial charge in [-0.2, -0.15) is 5.10 Å². The summed E-state index contributed by atoms with van der Waals surface area (Å²) in [4.78, 5) is 8.88. The first kappa shape index (κ1) is 16.8. The standard InChI is InChI=1S/C21H18N4O2/c1-26-18-8-7-15(13-19(18)27-2)21-23-17-6-4-3-5-16(17)20(24-25-21)14-9-11-22-12-10-14/h3-13H,1-2H3,(H,23,25). The molecule has 6 heteroatoms. The third-order valence-electron chi connectivity index (χ3n) is 4.28. The number of nitrogens with one attached hydrogen (secondary N) is 1. The van der Waals surface area contributed by atoms with Crippen molar-refractivity contribution in [2.45, 2.75) is 0 Å². The fourth-order valence-corrected chi connectivity index (χ4v) is 2.93. The number of amidine groups is 1. The van der Waals surface area contributed by atoms with Gasteiger partial charge in [-0.25, -0.2) is 4.99 Å². The van der Waals surface area contributed by atoms with Crippen LogP contribution in [0.5, 0.6) is 11.5 Å². The zero-order valence-corrected chi connectivity index (χ0v) is 15.0. The summed E-state index contributed by atoms with van der Waals surface area (Å²) in [5.41, 5.74) is 7.52. The van der Waals surface area contributed by atoms with E-state index in [2.05, 4.69) is 15.5 Å². The van der Waals surface area contributed by atoms with Gasteiger partial charge in [0.05, 0.1) is 19.9 Å². The van der Waals surface area contributed by atoms with E-state index >= 15 is 0 Å². The predicted octanol–water partition coefficient (Wildman–Crippen LogP) is 3.53. The molecule has 0 saturated heterocycles. The van der Waals surface area contributed by atoms with E-state index in [4.69, 9.17) is 14.5 Å². The van der Waals surface area contributed by atoms with E-state index in [-0.39, 0.29) is 0 Å². The number of hydrogen-bond donors (Lipinski definition) is 1. The first-order valence-electron chi connectivity index (χ1n) is 8.44. The van der Waals surface area contributed by atoms with Gasteiger partial charge in [0, 0.05) is 29.1 Å². The number of hydrazone groups is 1. The highest BCUT2D eigenvalue weighted by atomic mass is 16.5. The molecular formula is C21H18N4O2. The lowest BCUT2D eigenvalue weighted by Crippen LogP contribution is -2.19. The monoisotopic (exact) mass is 358 g/mol. The second-order valence-electron chi connectivity index (χ2n) is 5.86. The molecule has 0 aliphatic carbocycles. The maximum atomic E-state index is 5.41. The van der Waals surface area contributed by atoms with Crippen molar-refractivity contribution in [1.82, 2.24) is 10.4 Å². The van der Waals surface area contributed by atoms with E-state index in [9.17, 15) is 0 Å². The normalized spacial score (nSPS) is 12.8. The fraction of sp³-hybridized carbons (Fsp3) is 0.0952. The second kappa shape index (κ2) is 7.29. The molecule has 6 nitrogen and oxygen atoms in total. The molecule has 2 heterocycles. The van der Waals surface area contributed by atoms with Crippen LogP contribution in [0.3, 0.4) is 0 Å². The maximum absolute atomic E-state index is 5.41. The molecule has 0 atom stereocenters. The van der Waals surface area contributed by atoms with Crippen LogP contribution >= 0.6 is 0 Å². The first-order chi connectivity index (χ1) is 13.3. The molecule has 0 saturated carbocycles. The van der Waals surface area contributed by atoms with Crippen LogP contribution in [0.4, 0.5) is 5.69 Å². The van der Waals surface area contributed by atoms with Crippen LogP contribution in [0.2, 0.25) is 0 Å². The minimum Gasteiger partial charge on any atom is -0.493 e. The van der Waals surface area contributed by atoms with Gasteiger partial charge in [-0.05, 0) is 36.4 Å². The van der Waals surface area contributed by atoms with Crippen molar-refractivity contribution in [3.8, 4) is 11.5 Å². The highest BCUT2D eigenvalue weighted by Crippen LogP contribution is 2.30. The third kappa shape index (κ3) is 3.25. The van der Waals surface area contributed by atoms with Gasteiger partial charge in [0.1, 0.15) is 5.71 Å². The van der Waals surface area contributed by atoms with Crippen molar-refractivity contribution >= 4 is 17.2 Å². The average Bonchev–Trinajstić information content (AvgIpc) is 2.93. The van der Waals surface area contributed by atoms with Gasteiger partial charge in [0.25, 0.3) is 0 Å². The Morgan fingerprint density at radius 3 is 2.37 bits per heavy atom. The molecule has 1 aromatic heterocycles. The van der Waals surface area contributed by atoms with Gasteiger partial charge < -0.3 is 9.47 Å². The average molecular weight is 358 g/mol. The number of methoxy groups -OCH3 is 2. The second-order valence-corrected chi connectivity index (χ2v) is 5.86. The fourth-order valence-electron chi connectivity index (χ4n) is 2.93. The number of aliphatic imine (C=N–C) groups is 1. The van der Waals surface area contributed by atoms with Gasteiger partial charge >= 0.3 is 0 Å². The quantitative estimate of drug-likeness (QED) is 0.775. The number of nitrogens with zero attached hydrogens (tertiary/aromatic N) is 3.